The first-order valence-electron chi connectivity index (χ1n) is 10.5. The van der Waals surface area contributed by atoms with Crippen LogP contribution in [0.15, 0.2) is 23.3 Å². The van der Waals surface area contributed by atoms with Crippen LogP contribution in [0.25, 0.3) is 0 Å². The van der Waals surface area contributed by atoms with Crippen LogP contribution in [0.5, 0.6) is 5.75 Å². The lowest BCUT2D eigenvalue weighted by molar-refractivity contribution is -0.122. The zero-order valence-electron chi connectivity index (χ0n) is 18.3. The zero-order chi connectivity index (χ0) is 21.6. The molecule has 0 spiro atoms. The van der Waals surface area contributed by atoms with Gasteiger partial charge in [0, 0.05) is 13.1 Å². The Balaban J connectivity index is 1.54. The molecule has 0 radical (unpaired) electrons. The van der Waals surface area contributed by atoms with Crippen molar-refractivity contribution in [1.29, 1.82) is 0 Å². The lowest BCUT2D eigenvalue weighted by Gasteiger charge is -2.40. The molecule has 1 aromatic carbocycles. The fourth-order valence-electron chi connectivity index (χ4n) is 4.41. The molecular formula is C22H30N4O4. The fourth-order valence-corrected chi connectivity index (χ4v) is 4.41. The van der Waals surface area contributed by atoms with E-state index in [-0.39, 0.29) is 24.0 Å². The molecule has 0 aromatic heterocycles. The molecule has 0 saturated carbocycles. The van der Waals surface area contributed by atoms with Gasteiger partial charge in [0.15, 0.2) is 5.84 Å². The van der Waals surface area contributed by atoms with Crippen LogP contribution in [0, 0.1) is 5.92 Å². The molecule has 1 aromatic rings. The van der Waals surface area contributed by atoms with Gasteiger partial charge in [-0.1, -0.05) is 13.0 Å². The number of fused-ring (bicyclic) bond motifs is 3. The van der Waals surface area contributed by atoms with Crippen molar-refractivity contribution < 1.29 is 19.1 Å². The molecule has 0 aliphatic carbocycles. The van der Waals surface area contributed by atoms with Gasteiger partial charge in [-0.3, -0.25) is 4.79 Å². The van der Waals surface area contributed by atoms with Crippen molar-refractivity contribution in [3.63, 3.8) is 0 Å². The molecule has 3 heterocycles. The number of likely N-dealkylation sites (tertiary alicyclic amines) is 1. The molecule has 3 aliphatic heterocycles. The minimum absolute atomic E-state index is 0.129. The molecule has 30 heavy (non-hydrogen) atoms. The number of hydrazone groups is 1. The van der Waals surface area contributed by atoms with Gasteiger partial charge >= 0.3 is 6.09 Å². The van der Waals surface area contributed by atoms with E-state index in [1.54, 1.807) is 4.90 Å². The third-order valence-electron chi connectivity index (χ3n) is 5.92. The molecule has 1 N–H and O–H groups in total. The van der Waals surface area contributed by atoms with Crippen LogP contribution in [-0.4, -0.2) is 54.1 Å². The third kappa shape index (κ3) is 3.82. The molecule has 0 bridgehead atoms. The number of anilines is 1. The number of hydrogen-bond donors (Lipinski definition) is 1. The van der Waals surface area contributed by atoms with Crippen LogP contribution in [0.4, 0.5) is 10.5 Å². The average Bonchev–Trinajstić information content (AvgIpc) is 2.68. The Morgan fingerprint density at radius 2 is 2.07 bits per heavy atom. The molecule has 1 saturated heterocycles. The van der Waals surface area contributed by atoms with E-state index in [1.165, 1.54) is 5.56 Å². The maximum atomic E-state index is 12.4. The van der Waals surface area contributed by atoms with Gasteiger partial charge < -0.3 is 19.3 Å². The molecule has 8 nitrogen and oxygen atoms in total. The molecule has 3 atom stereocenters. The van der Waals surface area contributed by atoms with E-state index >= 15 is 0 Å². The van der Waals surface area contributed by atoms with Gasteiger partial charge in [-0.2, -0.15) is 5.10 Å². The predicted octanol–water partition coefficient (Wildman–Crippen LogP) is 3.08. The number of hydrogen-bond acceptors (Lipinski definition) is 6. The molecular weight excluding hydrogens is 384 g/mol. The summed E-state index contributed by atoms with van der Waals surface area (Å²) in [5, 5.41) is 4.16. The second kappa shape index (κ2) is 7.49. The molecule has 8 heteroatoms. The monoisotopic (exact) mass is 414 g/mol. The highest BCUT2D eigenvalue weighted by atomic mass is 16.6. The van der Waals surface area contributed by atoms with E-state index in [9.17, 15) is 9.59 Å². The number of rotatable bonds is 1. The van der Waals surface area contributed by atoms with Gasteiger partial charge in [-0.15, -0.1) is 0 Å². The summed E-state index contributed by atoms with van der Waals surface area (Å²) in [5.74, 6) is 1.93. The summed E-state index contributed by atoms with van der Waals surface area (Å²) >= 11 is 0. The van der Waals surface area contributed by atoms with Crippen molar-refractivity contribution in [2.45, 2.75) is 58.6 Å². The van der Waals surface area contributed by atoms with Crippen molar-refractivity contribution in [1.82, 2.24) is 10.3 Å². The topological polar surface area (TPSA) is 83.5 Å². The summed E-state index contributed by atoms with van der Waals surface area (Å²) in [6, 6.07) is 5.85. The summed E-state index contributed by atoms with van der Waals surface area (Å²) in [6.45, 7) is 11.3. The summed E-state index contributed by atoms with van der Waals surface area (Å²) in [6.07, 6.45) is 0.609. The van der Waals surface area contributed by atoms with E-state index in [0.717, 1.165) is 17.9 Å². The quantitative estimate of drug-likeness (QED) is 0.764. The summed E-state index contributed by atoms with van der Waals surface area (Å²) in [7, 11) is 0. The largest absolute Gasteiger partial charge is 0.483 e. The van der Waals surface area contributed by atoms with Crippen molar-refractivity contribution in [2.24, 2.45) is 11.0 Å². The number of carbonyl (C=O) groups excluding carboxylic acids is 2. The highest BCUT2D eigenvalue weighted by Crippen LogP contribution is 2.40. The molecule has 3 unspecified atom stereocenters. The van der Waals surface area contributed by atoms with Crippen LogP contribution in [0.2, 0.25) is 0 Å². The number of ether oxygens (including phenoxy) is 2. The smallest absolute Gasteiger partial charge is 0.410 e. The Labute approximate surface area is 177 Å². The van der Waals surface area contributed by atoms with Gasteiger partial charge in [0.25, 0.3) is 5.91 Å². The second-order valence-electron chi connectivity index (χ2n) is 9.36. The van der Waals surface area contributed by atoms with Crippen LogP contribution in [0.3, 0.4) is 0 Å². The van der Waals surface area contributed by atoms with Crippen molar-refractivity contribution in [3.8, 4) is 5.75 Å². The highest BCUT2D eigenvalue weighted by Gasteiger charge is 2.37. The average molecular weight is 415 g/mol. The van der Waals surface area contributed by atoms with E-state index < -0.39 is 5.60 Å². The Hall–Kier alpha value is -2.77. The van der Waals surface area contributed by atoms with Gasteiger partial charge in [0.2, 0.25) is 0 Å². The minimum Gasteiger partial charge on any atom is -0.483 e. The molecule has 4 rings (SSSR count). The zero-order valence-corrected chi connectivity index (χ0v) is 18.3. The number of amidine groups is 1. The Morgan fingerprint density at radius 1 is 1.30 bits per heavy atom. The first-order valence-corrected chi connectivity index (χ1v) is 10.5. The fraction of sp³-hybridized carbons (Fsp3) is 0.591. The van der Waals surface area contributed by atoms with E-state index in [1.807, 2.05) is 38.7 Å². The number of carbonyl (C=O) groups is 2. The lowest BCUT2D eigenvalue weighted by Crippen LogP contribution is -2.55. The molecule has 162 valence electrons. The maximum Gasteiger partial charge on any atom is 0.410 e. The number of nitrogens with zero attached hydrogens (tertiary/aromatic N) is 3. The maximum absolute atomic E-state index is 12.4. The SMILES string of the molecule is CC1CN(C(=O)OC(C)(C)C)CCC1c1ccc2c(c1)N1C(=NNC(=O)C1C)CO2. The third-order valence-corrected chi connectivity index (χ3v) is 5.92. The van der Waals surface area contributed by atoms with Crippen LogP contribution < -0.4 is 15.1 Å². The predicted molar refractivity (Wildman–Crippen MR) is 114 cm³/mol. The van der Waals surface area contributed by atoms with Gasteiger partial charge in [0.1, 0.15) is 24.0 Å². The van der Waals surface area contributed by atoms with Gasteiger partial charge in [-0.05, 0) is 63.6 Å². The molecule has 3 aliphatic rings. The van der Waals surface area contributed by atoms with Gasteiger partial charge in [0.05, 0.1) is 5.69 Å². The van der Waals surface area contributed by atoms with E-state index in [0.29, 0.717) is 31.4 Å². The Kier molecular flexibility index (Phi) is 5.11. The Bertz CT molecular complexity index is 892. The standard InChI is InChI=1S/C22H30N4O4/c1-13-11-25(21(28)30-22(3,4)5)9-8-16(13)15-6-7-18-17(10-15)26-14(2)20(27)24-23-19(26)12-29-18/h6-7,10,13-14,16H,8-9,11-12H2,1-5H3,(H,24,27). The number of piperidine rings is 1. The van der Waals surface area contributed by atoms with Gasteiger partial charge in [-0.25, -0.2) is 10.2 Å². The number of benzene rings is 1. The second-order valence-corrected chi connectivity index (χ2v) is 9.36. The number of amides is 2. The first-order chi connectivity index (χ1) is 14.1. The minimum atomic E-state index is -0.494. The van der Waals surface area contributed by atoms with E-state index in [4.69, 9.17) is 9.47 Å². The van der Waals surface area contributed by atoms with Crippen LogP contribution >= 0.6 is 0 Å². The molecule has 2 amide bonds. The molecule has 1 fully saturated rings. The van der Waals surface area contributed by atoms with Crippen LogP contribution in [-0.2, 0) is 9.53 Å². The first kappa shape index (κ1) is 20.5. The van der Waals surface area contributed by atoms with Crippen molar-refractivity contribution in [2.75, 3.05) is 24.6 Å². The Morgan fingerprint density at radius 3 is 2.77 bits per heavy atom. The van der Waals surface area contributed by atoms with Crippen LogP contribution in [0.1, 0.15) is 52.5 Å². The number of nitrogens with one attached hydrogen (secondary N) is 1. The summed E-state index contributed by atoms with van der Waals surface area (Å²) < 4.78 is 11.4. The van der Waals surface area contributed by atoms with Crippen molar-refractivity contribution >= 4 is 23.5 Å². The highest BCUT2D eigenvalue weighted by molar-refractivity contribution is 6.09. The van der Waals surface area contributed by atoms with E-state index in [2.05, 4.69) is 29.6 Å². The van der Waals surface area contributed by atoms with Crippen molar-refractivity contribution in [3.05, 3.63) is 23.8 Å². The normalized spacial score (nSPS) is 26.1. The summed E-state index contributed by atoms with van der Waals surface area (Å²) in [5.41, 5.74) is 4.13. The summed E-state index contributed by atoms with van der Waals surface area (Å²) in [4.78, 5) is 28.4. The lowest BCUT2D eigenvalue weighted by atomic mass is 9.81.